The fraction of sp³-hybridized carbons (Fsp3) is 0.867. The van der Waals surface area contributed by atoms with Gasteiger partial charge in [-0.15, -0.1) is 6.58 Å². The van der Waals surface area contributed by atoms with Crippen molar-refractivity contribution in [1.29, 1.82) is 0 Å². The van der Waals surface area contributed by atoms with E-state index >= 15 is 0 Å². The molecule has 1 atom stereocenters. The first-order valence-corrected chi connectivity index (χ1v) is 6.94. The highest BCUT2D eigenvalue weighted by Gasteiger charge is 2.22. The second-order valence-corrected chi connectivity index (χ2v) is 5.30. The Morgan fingerprint density at radius 3 is 2.31 bits per heavy atom. The summed E-state index contributed by atoms with van der Waals surface area (Å²) < 4.78 is 0. The van der Waals surface area contributed by atoms with Crippen LogP contribution in [0.15, 0.2) is 12.7 Å². The normalized spacial score (nSPS) is 14.7. The summed E-state index contributed by atoms with van der Waals surface area (Å²) in [6.45, 7) is 9.73. The Kier molecular flexibility index (Phi) is 9.71. The molecule has 0 heterocycles. The summed E-state index contributed by atoms with van der Waals surface area (Å²) in [4.78, 5) is 0. The summed E-state index contributed by atoms with van der Waals surface area (Å²) in [5, 5.41) is 3.25. The van der Waals surface area contributed by atoms with E-state index in [1.807, 2.05) is 13.1 Å². The van der Waals surface area contributed by atoms with Crippen molar-refractivity contribution >= 4 is 0 Å². The predicted octanol–water partition coefficient (Wildman–Crippen LogP) is 4.54. The van der Waals surface area contributed by atoms with E-state index in [1.54, 1.807) is 0 Å². The summed E-state index contributed by atoms with van der Waals surface area (Å²) in [6.07, 6.45) is 12.7. The van der Waals surface area contributed by atoms with Crippen molar-refractivity contribution in [2.75, 3.05) is 13.6 Å². The minimum absolute atomic E-state index is 0.565. The van der Waals surface area contributed by atoms with Crippen LogP contribution in [-0.2, 0) is 0 Å². The molecule has 0 aromatic carbocycles. The molecule has 0 aliphatic carbocycles. The molecule has 0 saturated heterocycles. The molecule has 0 fully saturated rings. The molecule has 0 saturated carbocycles. The lowest BCUT2D eigenvalue weighted by Gasteiger charge is -2.30. The van der Waals surface area contributed by atoms with Crippen LogP contribution in [0.4, 0.5) is 0 Å². The maximum Gasteiger partial charge on any atom is -0.00517 e. The smallest absolute Gasteiger partial charge is 0.00517 e. The lowest BCUT2D eigenvalue weighted by Crippen LogP contribution is -2.19. The van der Waals surface area contributed by atoms with Gasteiger partial charge in [0.05, 0.1) is 0 Å². The van der Waals surface area contributed by atoms with E-state index in [-0.39, 0.29) is 0 Å². The van der Waals surface area contributed by atoms with Crippen LogP contribution in [-0.4, -0.2) is 13.6 Å². The second kappa shape index (κ2) is 9.89. The zero-order valence-corrected chi connectivity index (χ0v) is 11.6. The monoisotopic (exact) mass is 225 g/mol. The largest absolute Gasteiger partial charge is 0.320 e. The minimum atomic E-state index is 0.565. The zero-order chi connectivity index (χ0) is 12.3. The molecule has 0 aromatic heterocycles. The van der Waals surface area contributed by atoms with Crippen LogP contribution >= 0.6 is 0 Å². The number of allylic oxidation sites excluding steroid dienone is 1. The van der Waals surface area contributed by atoms with Crippen LogP contribution in [0.3, 0.4) is 0 Å². The first-order chi connectivity index (χ1) is 7.68. The van der Waals surface area contributed by atoms with Gasteiger partial charge in [-0.2, -0.15) is 0 Å². The number of rotatable bonds is 11. The number of hydrogen-bond acceptors (Lipinski definition) is 1. The maximum absolute atomic E-state index is 3.81. The Balaban J connectivity index is 3.96. The third-order valence-corrected chi connectivity index (χ3v) is 3.53. The molecule has 0 rings (SSSR count). The Labute approximate surface area is 103 Å². The third kappa shape index (κ3) is 7.92. The molecule has 0 bridgehead atoms. The highest BCUT2D eigenvalue weighted by atomic mass is 14.8. The summed E-state index contributed by atoms with van der Waals surface area (Å²) in [7, 11) is 2.04. The first-order valence-electron chi connectivity index (χ1n) is 6.94. The summed E-state index contributed by atoms with van der Waals surface area (Å²) in [6, 6.07) is 0. The SMILES string of the molecule is C=CCCCC(C)(CCCC)CCCNC. The summed E-state index contributed by atoms with van der Waals surface area (Å²) in [5.41, 5.74) is 0.565. The van der Waals surface area contributed by atoms with Gasteiger partial charge in [0.15, 0.2) is 0 Å². The molecule has 1 unspecified atom stereocenters. The first kappa shape index (κ1) is 15.7. The van der Waals surface area contributed by atoms with Crippen molar-refractivity contribution in [2.24, 2.45) is 5.41 Å². The molecule has 1 heteroatoms. The van der Waals surface area contributed by atoms with Crippen molar-refractivity contribution in [2.45, 2.75) is 65.2 Å². The van der Waals surface area contributed by atoms with Gasteiger partial charge < -0.3 is 5.32 Å². The average Bonchev–Trinajstić information content (AvgIpc) is 2.27. The Bertz CT molecular complexity index is 165. The van der Waals surface area contributed by atoms with Crippen molar-refractivity contribution < 1.29 is 0 Å². The third-order valence-electron chi connectivity index (χ3n) is 3.53. The van der Waals surface area contributed by atoms with Gasteiger partial charge >= 0.3 is 0 Å². The molecule has 1 N–H and O–H groups in total. The van der Waals surface area contributed by atoms with E-state index in [1.165, 1.54) is 51.4 Å². The Hall–Kier alpha value is -0.300. The lowest BCUT2D eigenvalue weighted by atomic mass is 9.76. The molecule has 0 amide bonds. The van der Waals surface area contributed by atoms with Gasteiger partial charge in [0, 0.05) is 0 Å². The van der Waals surface area contributed by atoms with E-state index < -0.39 is 0 Å². The quantitative estimate of drug-likeness (QED) is 0.402. The van der Waals surface area contributed by atoms with Crippen LogP contribution in [0.2, 0.25) is 0 Å². The van der Waals surface area contributed by atoms with Crippen LogP contribution in [0.1, 0.15) is 65.2 Å². The van der Waals surface area contributed by atoms with E-state index in [4.69, 9.17) is 0 Å². The molecular formula is C15H31N. The molecule has 0 aliphatic rings. The van der Waals surface area contributed by atoms with Crippen molar-refractivity contribution in [3.05, 3.63) is 12.7 Å². The topological polar surface area (TPSA) is 12.0 Å². The van der Waals surface area contributed by atoms with Crippen molar-refractivity contribution in [3.63, 3.8) is 0 Å². The highest BCUT2D eigenvalue weighted by Crippen LogP contribution is 2.35. The fourth-order valence-electron chi connectivity index (χ4n) is 2.34. The molecule has 0 aromatic rings. The van der Waals surface area contributed by atoms with E-state index in [2.05, 4.69) is 25.7 Å². The number of nitrogens with one attached hydrogen (secondary N) is 1. The van der Waals surface area contributed by atoms with Gasteiger partial charge in [0.25, 0.3) is 0 Å². The molecule has 0 radical (unpaired) electrons. The van der Waals surface area contributed by atoms with Crippen LogP contribution < -0.4 is 5.32 Å². The molecule has 96 valence electrons. The van der Waals surface area contributed by atoms with Crippen LogP contribution in [0.25, 0.3) is 0 Å². The standard InChI is InChI=1S/C15H31N/c1-5-7-9-12-15(3,11-8-6-2)13-10-14-16-4/h5,16H,1,6-14H2,2-4H3. The Morgan fingerprint density at radius 1 is 1.12 bits per heavy atom. The lowest BCUT2D eigenvalue weighted by molar-refractivity contribution is 0.230. The second-order valence-electron chi connectivity index (χ2n) is 5.30. The van der Waals surface area contributed by atoms with E-state index in [9.17, 15) is 0 Å². The van der Waals surface area contributed by atoms with E-state index in [0.29, 0.717) is 5.41 Å². The number of unbranched alkanes of at least 4 members (excludes halogenated alkanes) is 2. The highest BCUT2D eigenvalue weighted by molar-refractivity contribution is 4.77. The summed E-state index contributed by atoms with van der Waals surface area (Å²) in [5.74, 6) is 0. The zero-order valence-electron chi connectivity index (χ0n) is 11.6. The van der Waals surface area contributed by atoms with E-state index in [0.717, 1.165) is 6.54 Å². The van der Waals surface area contributed by atoms with Gasteiger partial charge in [0.1, 0.15) is 0 Å². The number of hydrogen-bond donors (Lipinski definition) is 1. The molecule has 16 heavy (non-hydrogen) atoms. The predicted molar refractivity (Wildman–Crippen MR) is 74.8 cm³/mol. The van der Waals surface area contributed by atoms with Crippen LogP contribution in [0.5, 0.6) is 0 Å². The molecule has 0 spiro atoms. The van der Waals surface area contributed by atoms with Gasteiger partial charge in [-0.3, -0.25) is 0 Å². The molecular weight excluding hydrogens is 194 g/mol. The van der Waals surface area contributed by atoms with Crippen LogP contribution in [0, 0.1) is 5.41 Å². The van der Waals surface area contributed by atoms with Gasteiger partial charge in [0.2, 0.25) is 0 Å². The summed E-state index contributed by atoms with van der Waals surface area (Å²) >= 11 is 0. The maximum atomic E-state index is 3.81. The Morgan fingerprint density at radius 2 is 1.75 bits per heavy atom. The van der Waals surface area contributed by atoms with Gasteiger partial charge in [-0.25, -0.2) is 0 Å². The molecule has 1 nitrogen and oxygen atoms in total. The average molecular weight is 225 g/mol. The molecule has 0 aliphatic heterocycles. The minimum Gasteiger partial charge on any atom is -0.320 e. The fourth-order valence-corrected chi connectivity index (χ4v) is 2.34. The van der Waals surface area contributed by atoms with Gasteiger partial charge in [-0.05, 0) is 57.5 Å². The van der Waals surface area contributed by atoms with Gasteiger partial charge in [-0.1, -0.05) is 32.8 Å². The van der Waals surface area contributed by atoms with Crippen molar-refractivity contribution in [3.8, 4) is 0 Å². The van der Waals surface area contributed by atoms with Crippen molar-refractivity contribution in [1.82, 2.24) is 5.32 Å².